The van der Waals surface area contributed by atoms with Gasteiger partial charge in [-0.25, -0.2) is 4.79 Å². The topological polar surface area (TPSA) is 88.1 Å². The third-order valence-electron chi connectivity index (χ3n) is 1.50. The molecule has 1 aromatic rings. The van der Waals surface area contributed by atoms with Crippen LogP contribution in [-0.2, 0) is 42.2 Å². The van der Waals surface area contributed by atoms with E-state index in [2.05, 4.69) is 47.5 Å². The van der Waals surface area contributed by atoms with Gasteiger partial charge in [-0.05, 0) is 18.2 Å². The second kappa shape index (κ2) is 18.5. The maximum absolute atomic E-state index is 10.8. The molecule has 0 spiro atoms. The quantitative estimate of drug-likeness (QED) is 0.281. The van der Waals surface area contributed by atoms with Crippen LogP contribution < -0.4 is 0 Å². The zero-order valence-electron chi connectivity index (χ0n) is 12.1. The van der Waals surface area contributed by atoms with Crippen LogP contribution in [0.1, 0.15) is 13.8 Å². The van der Waals surface area contributed by atoms with Gasteiger partial charge in [0.2, 0.25) is 0 Å². The number of nitrogens with one attached hydrogen (secondary N) is 1. The molecule has 6 nitrogen and oxygen atoms in total. The molecule has 0 bridgehead atoms. The van der Waals surface area contributed by atoms with Crippen LogP contribution in [0.5, 0.6) is 0 Å². The van der Waals surface area contributed by atoms with E-state index in [4.69, 9.17) is 5.11 Å². The molecule has 0 aliphatic carbocycles. The van der Waals surface area contributed by atoms with Gasteiger partial charge in [0.05, 0.1) is 5.57 Å². The maximum atomic E-state index is 10.8. The number of aromatic amines is 1. The van der Waals surface area contributed by atoms with Gasteiger partial charge in [0.1, 0.15) is 5.76 Å². The number of rotatable bonds is 4. The third kappa shape index (κ3) is 14.8. The van der Waals surface area contributed by atoms with E-state index in [0.717, 1.165) is 0 Å². The Kier molecular flexibility index (Phi) is 21.7. The Labute approximate surface area is 151 Å². The molecular weight excluding hydrogens is 346 g/mol. The van der Waals surface area contributed by atoms with Crippen molar-refractivity contribution >= 4 is 14.0 Å². The molecule has 0 saturated heterocycles. The van der Waals surface area contributed by atoms with Gasteiger partial charge < -0.3 is 26.2 Å². The van der Waals surface area contributed by atoms with Gasteiger partial charge in [0.25, 0.3) is 0 Å². The Hall–Kier alpha value is -1.46. The number of aromatic nitrogens is 3. The van der Waals surface area contributed by atoms with E-state index >= 15 is 0 Å². The molecule has 0 fully saturated rings. The zero-order valence-corrected chi connectivity index (χ0v) is 15.0. The van der Waals surface area contributed by atoms with Crippen LogP contribution in [0.4, 0.5) is 0 Å². The molecule has 1 heterocycles. The SMILES string of the molecule is CC.[B]OC(=O)/C(C=C)=C/C=C(/O)C=C.[Y].[c-]1c[nH]nn1. The van der Waals surface area contributed by atoms with Crippen LogP contribution >= 0.6 is 0 Å². The minimum absolute atomic E-state index is 0. The van der Waals surface area contributed by atoms with Crippen molar-refractivity contribution in [2.24, 2.45) is 0 Å². The number of nitrogens with zero attached hydrogens (tertiary/aromatic N) is 2. The molecule has 0 amide bonds. The summed E-state index contributed by atoms with van der Waals surface area (Å²) in [5, 5.41) is 18.0. The molecule has 3 radical (unpaired) electrons. The number of hydrogen-bond acceptors (Lipinski definition) is 5. The van der Waals surface area contributed by atoms with Crippen LogP contribution in [0.25, 0.3) is 0 Å². The molecule has 0 aliphatic heterocycles. The molecule has 1 aromatic heterocycles. The van der Waals surface area contributed by atoms with Crippen molar-refractivity contribution in [2.75, 3.05) is 0 Å². The average Bonchev–Trinajstić information content (AvgIpc) is 3.08. The molecule has 0 aliphatic rings. The van der Waals surface area contributed by atoms with Crippen molar-refractivity contribution in [3.05, 3.63) is 61.2 Å². The van der Waals surface area contributed by atoms with Crippen LogP contribution in [0.2, 0.25) is 0 Å². The van der Waals surface area contributed by atoms with Crippen molar-refractivity contribution < 1.29 is 47.3 Å². The Morgan fingerprint density at radius 1 is 1.38 bits per heavy atom. The first-order valence-electron chi connectivity index (χ1n) is 5.65. The molecule has 0 aromatic carbocycles. The summed E-state index contributed by atoms with van der Waals surface area (Å²) in [6.07, 6.45) is 9.06. The van der Waals surface area contributed by atoms with Gasteiger partial charge in [0.15, 0.2) is 0 Å². The Morgan fingerprint density at radius 3 is 2.29 bits per heavy atom. The average molecular weight is 363 g/mol. The van der Waals surface area contributed by atoms with Crippen molar-refractivity contribution in [3.63, 3.8) is 0 Å². The fourth-order valence-electron chi connectivity index (χ4n) is 0.675. The summed E-state index contributed by atoms with van der Waals surface area (Å²) >= 11 is 0. The van der Waals surface area contributed by atoms with E-state index in [1.54, 1.807) is 0 Å². The van der Waals surface area contributed by atoms with Gasteiger partial charge in [-0.3, -0.25) is 0 Å². The summed E-state index contributed by atoms with van der Waals surface area (Å²) in [6.45, 7) is 10.7. The summed E-state index contributed by atoms with van der Waals surface area (Å²) in [6, 6.07) is 0. The standard InChI is InChI=1S/C9H9BO3.C2H2N3.C2H6.Y/c1-3-7(9(12)13-10)5-6-8(11)4-2;1-2-4-5-3-1;1-2;/h3-6,11H,1-2H2;1H,(H,3,4,5);1-2H3;/q;-1;;/b7-5+,8-6+;;;. The molecule has 8 heteroatoms. The minimum atomic E-state index is -0.719. The van der Waals surface area contributed by atoms with Crippen molar-refractivity contribution in [3.8, 4) is 0 Å². The van der Waals surface area contributed by atoms with Crippen LogP contribution in [-0.4, -0.2) is 34.5 Å². The number of H-pyrrole nitrogens is 1. The fraction of sp³-hybridized carbons (Fsp3) is 0.154. The molecule has 2 N–H and O–H groups in total. The predicted octanol–water partition coefficient (Wildman–Crippen LogP) is 1.98. The maximum Gasteiger partial charge on any atom is 0.378 e. The number of carbonyl (C=O) groups is 1. The number of hydrogen-bond donors (Lipinski definition) is 2. The van der Waals surface area contributed by atoms with Crippen molar-refractivity contribution in [1.29, 1.82) is 0 Å². The first kappa shape index (κ1) is 24.6. The normalized spacial score (nSPS) is 9.62. The van der Waals surface area contributed by atoms with E-state index in [9.17, 15) is 4.79 Å². The summed E-state index contributed by atoms with van der Waals surface area (Å²) in [4.78, 5) is 10.8. The van der Waals surface area contributed by atoms with Gasteiger partial charge >= 0.3 is 14.0 Å². The number of aliphatic hydroxyl groups is 1. The van der Waals surface area contributed by atoms with Crippen molar-refractivity contribution in [2.45, 2.75) is 13.8 Å². The van der Waals surface area contributed by atoms with Gasteiger partial charge in [-0.1, -0.05) is 33.1 Å². The minimum Gasteiger partial charge on any atom is -0.540 e. The first-order chi connectivity index (χ1) is 9.65. The molecular formula is C13H17BN3O3Y-. The fourth-order valence-corrected chi connectivity index (χ4v) is 0.675. The van der Waals surface area contributed by atoms with Crippen LogP contribution in [0.15, 0.2) is 55.0 Å². The first-order valence-corrected chi connectivity index (χ1v) is 5.65. The molecule has 0 saturated carbocycles. The third-order valence-corrected chi connectivity index (χ3v) is 1.50. The number of allylic oxidation sites excluding steroid dienone is 3. The molecule has 0 unspecified atom stereocenters. The Bertz CT molecular complexity index is 428. The summed E-state index contributed by atoms with van der Waals surface area (Å²) < 4.78 is 3.95. The second-order valence-corrected chi connectivity index (χ2v) is 2.63. The molecule has 0 atom stereocenters. The Morgan fingerprint density at radius 2 is 2.00 bits per heavy atom. The summed E-state index contributed by atoms with van der Waals surface area (Å²) in [7, 11) is 4.65. The van der Waals surface area contributed by atoms with Crippen molar-refractivity contribution in [1.82, 2.24) is 15.4 Å². The second-order valence-electron chi connectivity index (χ2n) is 2.63. The van der Waals surface area contributed by atoms with E-state index < -0.39 is 5.97 Å². The van der Waals surface area contributed by atoms with Crippen LogP contribution in [0.3, 0.4) is 0 Å². The van der Waals surface area contributed by atoms with E-state index in [1.807, 2.05) is 13.8 Å². The van der Waals surface area contributed by atoms with Gasteiger partial charge in [-0.15, -0.1) is 11.4 Å². The predicted molar refractivity (Wildman–Crippen MR) is 77.6 cm³/mol. The van der Waals surface area contributed by atoms with E-state index in [1.165, 1.54) is 30.5 Å². The molecule has 1 rings (SSSR count). The summed E-state index contributed by atoms with van der Waals surface area (Å²) in [5.41, 5.74) is 0.149. The molecule has 109 valence electrons. The monoisotopic (exact) mass is 363 g/mol. The smallest absolute Gasteiger partial charge is 0.378 e. The van der Waals surface area contributed by atoms with E-state index in [0.29, 0.717) is 0 Å². The van der Waals surface area contributed by atoms with Gasteiger partial charge in [0, 0.05) is 32.7 Å². The van der Waals surface area contributed by atoms with Gasteiger partial charge in [-0.2, -0.15) is 0 Å². The van der Waals surface area contributed by atoms with Crippen LogP contribution in [0, 0.1) is 6.20 Å². The number of carbonyl (C=O) groups excluding carboxylic acids is 1. The largest absolute Gasteiger partial charge is 0.540 e. The Balaban J connectivity index is -0.000000336. The molecule has 21 heavy (non-hydrogen) atoms. The number of aliphatic hydroxyl groups excluding tert-OH is 1. The zero-order chi connectivity index (χ0) is 15.8. The van der Waals surface area contributed by atoms with E-state index in [-0.39, 0.29) is 44.0 Å². The summed E-state index contributed by atoms with van der Waals surface area (Å²) in [5.74, 6) is -0.785.